The minimum absolute atomic E-state index is 0.0717. The van der Waals surface area contributed by atoms with Crippen molar-refractivity contribution in [3.8, 4) is 0 Å². The third-order valence-electron chi connectivity index (χ3n) is 6.75. The second kappa shape index (κ2) is 10.3. The Kier molecular flexibility index (Phi) is 7.15. The summed E-state index contributed by atoms with van der Waals surface area (Å²) in [6.07, 6.45) is 6.84. The molecular weight excluding hydrogens is 517 g/mol. The van der Waals surface area contributed by atoms with Crippen molar-refractivity contribution in [1.82, 2.24) is 14.4 Å². The maximum atomic E-state index is 13.1. The number of thioether (sulfide) groups is 1. The molecule has 0 unspecified atom stereocenters. The minimum Gasteiger partial charge on any atom is -0.338 e. The molecule has 2 aliphatic heterocycles. The molecule has 3 heterocycles. The van der Waals surface area contributed by atoms with Gasteiger partial charge in [-0.05, 0) is 67.8 Å². The van der Waals surface area contributed by atoms with Crippen LogP contribution in [0.2, 0.25) is 10.0 Å². The average Bonchev–Trinajstić information content (AvgIpc) is 3.32. The van der Waals surface area contributed by atoms with Crippen LogP contribution in [-0.4, -0.2) is 44.0 Å². The number of carbonyl (C=O) groups excluding carboxylic acids is 3. The van der Waals surface area contributed by atoms with E-state index in [4.69, 9.17) is 23.2 Å². The van der Waals surface area contributed by atoms with Crippen LogP contribution in [0.4, 0.5) is 4.79 Å². The molecule has 6 nitrogen and oxygen atoms in total. The highest BCUT2D eigenvalue weighted by Crippen LogP contribution is 2.36. The van der Waals surface area contributed by atoms with Crippen LogP contribution in [0.3, 0.4) is 0 Å². The highest BCUT2D eigenvalue weighted by atomic mass is 35.5. The van der Waals surface area contributed by atoms with Crippen LogP contribution in [0.15, 0.2) is 53.6 Å². The molecule has 5 rings (SSSR count). The summed E-state index contributed by atoms with van der Waals surface area (Å²) in [5.74, 6) is -0.277. The lowest BCUT2D eigenvalue weighted by Gasteiger charge is -2.33. The average molecular weight is 542 g/mol. The van der Waals surface area contributed by atoms with Crippen molar-refractivity contribution >= 4 is 69.0 Å². The molecule has 0 radical (unpaired) electrons. The van der Waals surface area contributed by atoms with E-state index in [0.29, 0.717) is 20.5 Å². The Morgan fingerprint density at radius 1 is 1.14 bits per heavy atom. The Hall–Kier alpha value is -2.74. The van der Waals surface area contributed by atoms with E-state index in [-0.39, 0.29) is 36.2 Å². The van der Waals surface area contributed by atoms with Crippen molar-refractivity contribution in [1.29, 1.82) is 0 Å². The first-order valence-corrected chi connectivity index (χ1v) is 13.5. The van der Waals surface area contributed by atoms with Crippen molar-refractivity contribution in [3.05, 3.63) is 74.7 Å². The van der Waals surface area contributed by atoms with E-state index in [0.717, 1.165) is 54.0 Å². The normalized spacial score (nSPS) is 19.6. The summed E-state index contributed by atoms with van der Waals surface area (Å²) in [6.45, 7) is 3.19. The molecule has 0 saturated carbocycles. The van der Waals surface area contributed by atoms with E-state index in [1.807, 2.05) is 39.9 Å². The second-order valence-corrected chi connectivity index (χ2v) is 11.0. The van der Waals surface area contributed by atoms with Crippen LogP contribution in [0.25, 0.3) is 17.0 Å². The number of hydrogen-bond donors (Lipinski definition) is 0. The Morgan fingerprint density at radius 2 is 1.94 bits per heavy atom. The zero-order chi connectivity index (χ0) is 25.4. The first-order valence-electron chi connectivity index (χ1n) is 11.9. The van der Waals surface area contributed by atoms with Gasteiger partial charge in [-0.3, -0.25) is 19.3 Å². The molecule has 2 aliphatic rings. The van der Waals surface area contributed by atoms with Gasteiger partial charge in [0, 0.05) is 45.3 Å². The van der Waals surface area contributed by atoms with Crippen LogP contribution in [0.1, 0.15) is 37.3 Å². The Balaban J connectivity index is 1.41. The largest absolute Gasteiger partial charge is 0.338 e. The number of likely N-dealkylation sites (tertiary alicyclic amines) is 1. The highest BCUT2D eigenvalue weighted by molar-refractivity contribution is 8.18. The molecule has 36 heavy (non-hydrogen) atoms. The number of nitrogens with zero attached hydrogens (tertiary/aromatic N) is 3. The smallest absolute Gasteiger partial charge is 0.293 e. The fourth-order valence-electron chi connectivity index (χ4n) is 4.82. The van der Waals surface area contributed by atoms with Gasteiger partial charge in [0.15, 0.2) is 0 Å². The van der Waals surface area contributed by atoms with Gasteiger partial charge in [-0.15, -0.1) is 0 Å². The van der Waals surface area contributed by atoms with Gasteiger partial charge in [0.05, 0.1) is 11.4 Å². The number of rotatable bonds is 5. The van der Waals surface area contributed by atoms with E-state index >= 15 is 0 Å². The summed E-state index contributed by atoms with van der Waals surface area (Å²) in [5.41, 5.74) is 2.35. The number of benzene rings is 2. The Morgan fingerprint density at radius 3 is 2.72 bits per heavy atom. The first-order chi connectivity index (χ1) is 17.3. The molecule has 186 valence electrons. The Bertz CT molecular complexity index is 1400. The van der Waals surface area contributed by atoms with Gasteiger partial charge in [0.2, 0.25) is 5.91 Å². The number of aromatic nitrogens is 1. The lowest BCUT2D eigenvalue weighted by Crippen LogP contribution is -2.43. The molecule has 1 atom stereocenters. The lowest BCUT2D eigenvalue weighted by atomic mass is 10.0. The van der Waals surface area contributed by atoms with Crippen molar-refractivity contribution in [3.63, 3.8) is 0 Å². The number of halogens is 2. The van der Waals surface area contributed by atoms with E-state index < -0.39 is 0 Å². The standard InChI is InChI=1S/C27H25Cl2N3O3S/c1-17-6-4-5-11-31(17)25(33)16-30-14-19(21-7-2-3-8-23(21)30)12-24-26(34)32(27(35)36-24)15-18-9-10-20(28)13-22(18)29/h2-3,7-10,12-14,17H,4-6,11,15-16H2,1H3/b24-12-/t17-/m0/s1. The van der Waals surface area contributed by atoms with E-state index in [1.54, 1.807) is 24.3 Å². The number of fused-ring (bicyclic) bond motifs is 1. The quantitative estimate of drug-likeness (QED) is 0.342. The fraction of sp³-hybridized carbons (Fsp3) is 0.296. The van der Waals surface area contributed by atoms with Crippen molar-refractivity contribution in [2.24, 2.45) is 0 Å². The molecule has 2 aromatic carbocycles. The molecule has 3 amide bonds. The lowest BCUT2D eigenvalue weighted by molar-refractivity contribution is -0.135. The van der Waals surface area contributed by atoms with Crippen molar-refractivity contribution in [2.75, 3.05) is 6.54 Å². The first kappa shape index (κ1) is 24.9. The predicted octanol–water partition coefficient (Wildman–Crippen LogP) is 6.59. The maximum Gasteiger partial charge on any atom is 0.293 e. The predicted molar refractivity (Wildman–Crippen MR) is 145 cm³/mol. The molecule has 2 fully saturated rings. The molecule has 2 saturated heterocycles. The zero-order valence-corrected chi connectivity index (χ0v) is 22.1. The van der Waals surface area contributed by atoms with Crippen molar-refractivity contribution in [2.45, 2.75) is 45.3 Å². The van der Waals surface area contributed by atoms with Gasteiger partial charge in [-0.25, -0.2) is 0 Å². The van der Waals surface area contributed by atoms with Gasteiger partial charge >= 0.3 is 0 Å². The second-order valence-electron chi connectivity index (χ2n) is 9.17. The fourth-order valence-corrected chi connectivity index (χ4v) is 6.12. The molecule has 0 N–H and O–H groups in total. The number of carbonyl (C=O) groups is 3. The monoisotopic (exact) mass is 541 g/mol. The van der Waals surface area contributed by atoms with Gasteiger partial charge in [0.1, 0.15) is 6.54 Å². The van der Waals surface area contributed by atoms with Gasteiger partial charge < -0.3 is 9.47 Å². The third kappa shape index (κ3) is 4.92. The molecule has 0 bridgehead atoms. The number of hydrogen-bond acceptors (Lipinski definition) is 4. The molecule has 1 aromatic heterocycles. The summed E-state index contributed by atoms with van der Waals surface area (Å²) < 4.78 is 1.93. The third-order valence-corrected chi connectivity index (χ3v) is 8.25. The summed E-state index contributed by atoms with van der Waals surface area (Å²) in [6, 6.07) is 13.0. The minimum atomic E-state index is -0.369. The molecule has 9 heteroatoms. The van der Waals surface area contributed by atoms with E-state index in [9.17, 15) is 14.4 Å². The highest BCUT2D eigenvalue weighted by Gasteiger charge is 2.35. The van der Waals surface area contributed by atoms with Crippen LogP contribution in [-0.2, 0) is 22.7 Å². The number of amides is 3. The SMILES string of the molecule is C[C@H]1CCCCN1C(=O)Cn1cc(/C=C2\SC(=O)N(Cc3ccc(Cl)cc3Cl)C2=O)c2ccccc21. The number of imide groups is 1. The maximum absolute atomic E-state index is 13.1. The van der Waals surface area contributed by atoms with Crippen LogP contribution in [0, 0.1) is 0 Å². The molecule has 0 spiro atoms. The zero-order valence-electron chi connectivity index (χ0n) is 19.7. The summed E-state index contributed by atoms with van der Waals surface area (Å²) in [4.78, 5) is 42.4. The van der Waals surface area contributed by atoms with Gasteiger partial charge in [-0.2, -0.15) is 0 Å². The van der Waals surface area contributed by atoms with Gasteiger partial charge in [-0.1, -0.05) is 47.5 Å². The van der Waals surface area contributed by atoms with Crippen molar-refractivity contribution < 1.29 is 14.4 Å². The summed E-state index contributed by atoms with van der Waals surface area (Å²) in [7, 11) is 0. The van der Waals surface area contributed by atoms with Gasteiger partial charge in [0.25, 0.3) is 11.1 Å². The number of piperidine rings is 1. The molecular formula is C27H25Cl2N3O3S. The Labute approximate surface area is 223 Å². The van der Waals surface area contributed by atoms with E-state index in [2.05, 4.69) is 6.92 Å². The topological polar surface area (TPSA) is 62.6 Å². The molecule has 3 aromatic rings. The summed E-state index contributed by atoms with van der Waals surface area (Å²) >= 11 is 13.1. The summed E-state index contributed by atoms with van der Waals surface area (Å²) in [5, 5.41) is 1.46. The van der Waals surface area contributed by atoms with Crippen LogP contribution < -0.4 is 0 Å². The van der Waals surface area contributed by atoms with Crippen LogP contribution >= 0.6 is 35.0 Å². The van der Waals surface area contributed by atoms with Crippen LogP contribution in [0.5, 0.6) is 0 Å². The van der Waals surface area contributed by atoms with E-state index in [1.165, 1.54) is 4.90 Å². The number of para-hydroxylation sites is 1. The molecule has 0 aliphatic carbocycles.